The van der Waals surface area contributed by atoms with Gasteiger partial charge in [-0.15, -0.1) is 0 Å². The standard InChI is InChI=1S/C21H18F4N2O4/c1-30-16-5-3-2-4-12(16)11-26-18(28)27-19(29)31-17(20(27)6-7-20)13-8-14(21(23,24)25)10-15(22)9-13/h2-5,8-10,17H,6-7,11H2,1H3,(H,26,28)/t17-/m1/s1. The average molecular weight is 438 g/mol. The van der Waals surface area contributed by atoms with Crippen molar-refractivity contribution >= 4 is 12.1 Å². The number of hydrogen-bond acceptors (Lipinski definition) is 4. The third kappa shape index (κ3) is 3.77. The number of cyclic esters (lactones) is 1. The number of carbonyl (C=O) groups excluding carboxylic acids is 2. The smallest absolute Gasteiger partial charge is 0.419 e. The lowest BCUT2D eigenvalue weighted by atomic mass is 9.98. The lowest BCUT2D eigenvalue weighted by Gasteiger charge is -2.23. The number of nitrogens with one attached hydrogen (secondary N) is 1. The molecule has 0 radical (unpaired) electrons. The molecule has 1 atom stereocenters. The highest BCUT2D eigenvalue weighted by atomic mass is 19.4. The second-order valence-electron chi connectivity index (χ2n) is 7.44. The molecule has 2 aromatic rings. The minimum absolute atomic E-state index is 0.0611. The van der Waals surface area contributed by atoms with Crippen LogP contribution >= 0.6 is 0 Å². The van der Waals surface area contributed by atoms with Crippen molar-refractivity contribution in [3.63, 3.8) is 0 Å². The first-order chi connectivity index (χ1) is 14.7. The summed E-state index contributed by atoms with van der Waals surface area (Å²) in [6.45, 7) is 0.0611. The van der Waals surface area contributed by atoms with Gasteiger partial charge in [0.1, 0.15) is 11.6 Å². The van der Waals surface area contributed by atoms with E-state index in [0.29, 0.717) is 30.2 Å². The molecule has 6 nitrogen and oxygen atoms in total. The van der Waals surface area contributed by atoms with E-state index in [1.807, 2.05) is 0 Å². The van der Waals surface area contributed by atoms with E-state index in [1.165, 1.54) is 7.11 Å². The van der Waals surface area contributed by atoms with Crippen LogP contribution in [-0.2, 0) is 17.5 Å². The highest BCUT2D eigenvalue weighted by Crippen LogP contribution is 2.57. The Morgan fingerprint density at radius 2 is 1.97 bits per heavy atom. The van der Waals surface area contributed by atoms with Crippen LogP contribution in [0.3, 0.4) is 0 Å². The molecule has 2 aliphatic rings. The number of alkyl halides is 3. The van der Waals surface area contributed by atoms with Crippen molar-refractivity contribution in [2.45, 2.75) is 37.2 Å². The average Bonchev–Trinajstić information content (AvgIpc) is 3.44. The number of amides is 3. The zero-order chi connectivity index (χ0) is 22.4. The number of hydrogen-bond donors (Lipinski definition) is 1. The predicted octanol–water partition coefficient (Wildman–Crippen LogP) is 4.79. The maximum atomic E-state index is 13.9. The number of urea groups is 1. The third-order valence-corrected chi connectivity index (χ3v) is 5.47. The van der Waals surface area contributed by atoms with Gasteiger partial charge in [0.25, 0.3) is 0 Å². The summed E-state index contributed by atoms with van der Waals surface area (Å²) in [5.41, 5.74) is -1.79. The molecule has 1 saturated carbocycles. The molecule has 4 rings (SSSR count). The summed E-state index contributed by atoms with van der Waals surface area (Å²) in [6, 6.07) is 8.24. The van der Waals surface area contributed by atoms with Gasteiger partial charge in [-0.05, 0) is 42.7 Å². The maximum Gasteiger partial charge on any atom is 0.419 e. The Bertz CT molecular complexity index is 1040. The van der Waals surface area contributed by atoms with E-state index in [9.17, 15) is 27.2 Å². The SMILES string of the molecule is COc1ccccc1CNC(=O)N1C(=O)O[C@H](c2cc(F)cc(C(F)(F)F)c2)C12CC2. The highest BCUT2D eigenvalue weighted by molar-refractivity contribution is 5.94. The van der Waals surface area contributed by atoms with E-state index >= 15 is 0 Å². The van der Waals surface area contributed by atoms with Crippen molar-refractivity contribution in [1.29, 1.82) is 0 Å². The Hall–Kier alpha value is -3.30. The van der Waals surface area contributed by atoms with Crippen molar-refractivity contribution in [2.24, 2.45) is 0 Å². The van der Waals surface area contributed by atoms with Gasteiger partial charge in [-0.2, -0.15) is 13.2 Å². The van der Waals surface area contributed by atoms with Crippen LogP contribution in [0.4, 0.5) is 27.2 Å². The van der Waals surface area contributed by atoms with Crippen LogP contribution in [0, 0.1) is 5.82 Å². The van der Waals surface area contributed by atoms with Crippen molar-refractivity contribution < 1.29 is 36.6 Å². The van der Waals surface area contributed by atoms with Crippen molar-refractivity contribution in [2.75, 3.05) is 7.11 Å². The molecule has 1 aliphatic heterocycles. The van der Waals surface area contributed by atoms with E-state index in [-0.39, 0.29) is 12.1 Å². The Balaban J connectivity index is 1.56. The number of rotatable bonds is 4. The first kappa shape index (κ1) is 21.0. The predicted molar refractivity (Wildman–Crippen MR) is 99.7 cm³/mol. The number of imide groups is 1. The molecule has 1 heterocycles. The molecule has 10 heteroatoms. The van der Waals surface area contributed by atoms with Crippen molar-refractivity contribution in [3.05, 3.63) is 65.0 Å². The number of carbonyl (C=O) groups is 2. The molecule has 1 spiro atoms. The molecular formula is C21H18F4N2O4. The number of para-hydroxylation sites is 1. The summed E-state index contributed by atoms with van der Waals surface area (Å²) < 4.78 is 63.6. The molecule has 2 fully saturated rings. The zero-order valence-electron chi connectivity index (χ0n) is 16.3. The molecule has 3 amide bonds. The summed E-state index contributed by atoms with van der Waals surface area (Å²) in [6.07, 6.45) is -6.26. The van der Waals surface area contributed by atoms with Gasteiger partial charge in [-0.3, -0.25) is 0 Å². The van der Waals surface area contributed by atoms with Crippen LogP contribution in [0.5, 0.6) is 5.75 Å². The molecule has 0 aromatic heterocycles. The summed E-state index contributed by atoms with van der Waals surface area (Å²) in [4.78, 5) is 26.1. The molecule has 0 bridgehead atoms. The van der Waals surface area contributed by atoms with Crippen LogP contribution in [0.25, 0.3) is 0 Å². The van der Waals surface area contributed by atoms with Crippen LogP contribution in [0.15, 0.2) is 42.5 Å². The second kappa shape index (κ2) is 7.44. The number of ether oxygens (including phenoxy) is 2. The van der Waals surface area contributed by atoms with E-state index in [0.717, 1.165) is 17.0 Å². The third-order valence-electron chi connectivity index (χ3n) is 5.47. The fourth-order valence-electron chi connectivity index (χ4n) is 3.87. The Morgan fingerprint density at radius 1 is 1.26 bits per heavy atom. The van der Waals surface area contributed by atoms with E-state index in [2.05, 4.69) is 5.32 Å². The summed E-state index contributed by atoms with van der Waals surface area (Å²) in [5, 5.41) is 2.61. The Labute approximate surface area is 174 Å². The quantitative estimate of drug-likeness (QED) is 0.698. The largest absolute Gasteiger partial charge is 0.496 e. The van der Waals surface area contributed by atoms with Crippen LogP contribution < -0.4 is 10.1 Å². The van der Waals surface area contributed by atoms with Crippen LogP contribution in [0.1, 0.15) is 35.6 Å². The highest BCUT2D eigenvalue weighted by Gasteiger charge is 2.66. The topological polar surface area (TPSA) is 67.9 Å². The molecule has 1 N–H and O–H groups in total. The molecule has 0 unspecified atom stereocenters. The fraction of sp³-hybridized carbons (Fsp3) is 0.333. The lowest BCUT2D eigenvalue weighted by Crippen LogP contribution is -2.46. The van der Waals surface area contributed by atoms with Crippen LogP contribution in [0.2, 0.25) is 0 Å². The monoisotopic (exact) mass is 438 g/mol. The van der Waals surface area contributed by atoms with E-state index < -0.39 is 41.3 Å². The number of halogens is 4. The molecule has 1 saturated heterocycles. The fourth-order valence-corrected chi connectivity index (χ4v) is 3.87. The van der Waals surface area contributed by atoms with Crippen molar-refractivity contribution in [1.82, 2.24) is 10.2 Å². The van der Waals surface area contributed by atoms with E-state index in [1.54, 1.807) is 24.3 Å². The molecule has 1 aliphatic carbocycles. The number of nitrogens with zero attached hydrogens (tertiary/aromatic N) is 1. The first-order valence-corrected chi connectivity index (χ1v) is 9.44. The zero-order valence-corrected chi connectivity index (χ0v) is 16.3. The van der Waals surface area contributed by atoms with Gasteiger partial charge in [-0.1, -0.05) is 18.2 Å². The molecule has 31 heavy (non-hydrogen) atoms. The van der Waals surface area contributed by atoms with Gasteiger partial charge in [0, 0.05) is 12.1 Å². The van der Waals surface area contributed by atoms with Crippen molar-refractivity contribution in [3.8, 4) is 5.75 Å². The normalized spacial score (nSPS) is 19.3. The minimum atomic E-state index is -4.76. The van der Waals surface area contributed by atoms with Gasteiger partial charge in [0.2, 0.25) is 0 Å². The first-order valence-electron chi connectivity index (χ1n) is 9.44. The van der Waals surface area contributed by atoms with Crippen LogP contribution in [-0.4, -0.2) is 29.7 Å². The maximum absolute atomic E-state index is 13.9. The Kier molecular flexibility index (Phi) is 5.03. The van der Waals surface area contributed by atoms with Gasteiger partial charge >= 0.3 is 18.3 Å². The van der Waals surface area contributed by atoms with E-state index in [4.69, 9.17) is 9.47 Å². The van der Waals surface area contributed by atoms with Gasteiger partial charge in [-0.25, -0.2) is 18.9 Å². The summed E-state index contributed by atoms with van der Waals surface area (Å²) in [7, 11) is 1.48. The van der Waals surface area contributed by atoms with Gasteiger partial charge in [0.05, 0.1) is 18.2 Å². The van der Waals surface area contributed by atoms with Gasteiger partial charge in [0.15, 0.2) is 6.10 Å². The molecular weight excluding hydrogens is 420 g/mol. The molecule has 164 valence electrons. The summed E-state index contributed by atoms with van der Waals surface area (Å²) in [5.74, 6) is -0.555. The lowest BCUT2D eigenvalue weighted by molar-refractivity contribution is -0.137. The second-order valence-corrected chi connectivity index (χ2v) is 7.44. The summed E-state index contributed by atoms with van der Waals surface area (Å²) >= 11 is 0. The number of benzene rings is 2. The molecule has 2 aromatic carbocycles. The number of methoxy groups -OCH3 is 1. The Morgan fingerprint density at radius 3 is 2.61 bits per heavy atom. The minimum Gasteiger partial charge on any atom is -0.496 e. The van der Waals surface area contributed by atoms with Gasteiger partial charge < -0.3 is 14.8 Å².